The van der Waals surface area contributed by atoms with Crippen molar-refractivity contribution in [3.05, 3.63) is 22.6 Å². The van der Waals surface area contributed by atoms with Gasteiger partial charge in [-0.3, -0.25) is 4.79 Å². The first kappa shape index (κ1) is 11.7. The van der Waals surface area contributed by atoms with Crippen LogP contribution in [0.2, 0.25) is 0 Å². The molecular formula is C12H16N4O. The van der Waals surface area contributed by atoms with Crippen LogP contribution in [0.1, 0.15) is 0 Å². The molecule has 0 N–H and O–H groups in total. The average Bonchev–Trinajstić information content (AvgIpc) is 2.33. The second-order valence-electron chi connectivity index (χ2n) is 4.20. The number of aromatic nitrogens is 2. The first-order valence-corrected chi connectivity index (χ1v) is 5.65. The van der Waals surface area contributed by atoms with E-state index in [1.807, 2.05) is 0 Å². The van der Waals surface area contributed by atoms with Crippen molar-refractivity contribution in [2.45, 2.75) is 6.54 Å². The Morgan fingerprint density at radius 1 is 1.41 bits per heavy atom. The highest BCUT2D eigenvalue weighted by atomic mass is 16.1. The van der Waals surface area contributed by atoms with Crippen LogP contribution in [0.25, 0.3) is 0 Å². The van der Waals surface area contributed by atoms with Crippen LogP contribution in [-0.2, 0) is 6.54 Å². The lowest BCUT2D eigenvalue weighted by molar-refractivity contribution is 0.312. The number of anilines is 1. The van der Waals surface area contributed by atoms with E-state index in [1.165, 1.54) is 4.68 Å². The van der Waals surface area contributed by atoms with E-state index in [1.54, 1.807) is 12.3 Å². The average molecular weight is 232 g/mol. The molecule has 0 bridgehead atoms. The minimum Gasteiger partial charge on any atom is -0.368 e. The van der Waals surface area contributed by atoms with Crippen molar-refractivity contribution in [2.24, 2.45) is 0 Å². The summed E-state index contributed by atoms with van der Waals surface area (Å²) in [6.45, 7) is 4.09. The number of hydrogen-bond acceptors (Lipinski definition) is 4. The van der Waals surface area contributed by atoms with Gasteiger partial charge in [-0.05, 0) is 7.05 Å². The maximum absolute atomic E-state index is 11.7. The van der Waals surface area contributed by atoms with Crippen molar-refractivity contribution in [3.8, 4) is 12.3 Å². The topological polar surface area (TPSA) is 41.4 Å². The van der Waals surface area contributed by atoms with Gasteiger partial charge in [0.05, 0.1) is 11.9 Å². The molecule has 2 rings (SSSR count). The maximum atomic E-state index is 11.7. The van der Waals surface area contributed by atoms with Gasteiger partial charge in [0, 0.05) is 32.2 Å². The van der Waals surface area contributed by atoms with Gasteiger partial charge < -0.3 is 9.80 Å². The summed E-state index contributed by atoms with van der Waals surface area (Å²) in [6.07, 6.45) is 6.87. The van der Waals surface area contributed by atoms with E-state index in [0.29, 0.717) is 0 Å². The molecule has 2 heterocycles. The largest absolute Gasteiger partial charge is 0.368 e. The Morgan fingerprint density at radius 3 is 2.71 bits per heavy atom. The SMILES string of the molecule is C#CCn1ncc(N2CCN(C)CC2)cc1=O. The molecule has 17 heavy (non-hydrogen) atoms. The van der Waals surface area contributed by atoms with Crippen LogP contribution < -0.4 is 10.5 Å². The van der Waals surface area contributed by atoms with Crippen molar-refractivity contribution in [3.63, 3.8) is 0 Å². The summed E-state index contributed by atoms with van der Waals surface area (Å²) in [4.78, 5) is 16.1. The van der Waals surface area contributed by atoms with Gasteiger partial charge in [0.2, 0.25) is 0 Å². The summed E-state index contributed by atoms with van der Waals surface area (Å²) < 4.78 is 1.29. The fourth-order valence-electron chi connectivity index (χ4n) is 1.87. The zero-order valence-electron chi connectivity index (χ0n) is 9.96. The number of rotatable bonds is 2. The molecule has 5 heteroatoms. The van der Waals surface area contributed by atoms with Gasteiger partial charge >= 0.3 is 0 Å². The van der Waals surface area contributed by atoms with Crippen molar-refractivity contribution >= 4 is 5.69 Å². The Morgan fingerprint density at radius 2 is 2.12 bits per heavy atom. The third kappa shape index (κ3) is 2.66. The second kappa shape index (κ2) is 5.02. The molecular weight excluding hydrogens is 216 g/mol. The number of nitrogens with zero attached hydrogens (tertiary/aromatic N) is 4. The molecule has 0 spiro atoms. The van der Waals surface area contributed by atoms with Gasteiger partial charge in [0.25, 0.3) is 5.56 Å². The predicted molar refractivity (Wildman–Crippen MR) is 67.0 cm³/mol. The van der Waals surface area contributed by atoms with Gasteiger partial charge in [-0.2, -0.15) is 5.10 Å². The van der Waals surface area contributed by atoms with Crippen molar-refractivity contribution in [1.82, 2.24) is 14.7 Å². The fourth-order valence-corrected chi connectivity index (χ4v) is 1.87. The van der Waals surface area contributed by atoms with Gasteiger partial charge in [0.1, 0.15) is 6.54 Å². The van der Waals surface area contributed by atoms with E-state index in [2.05, 4.69) is 27.9 Å². The zero-order valence-corrected chi connectivity index (χ0v) is 9.96. The minimum atomic E-state index is -0.139. The molecule has 1 fully saturated rings. The molecule has 1 saturated heterocycles. The molecule has 0 aromatic carbocycles. The highest BCUT2D eigenvalue weighted by molar-refractivity contribution is 5.43. The molecule has 0 unspecified atom stereocenters. The lowest BCUT2D eigenvalue weighted by atomic mass is 10.3. The molecule has 90 valence electrons. The van der Waals surface area contributed by atoms with E-state index in [-0.39, 0.29) is 12.1 Å². The monoisotopic (exact) mass is 232 g/mol. The highest BCUT2D eigenvalue weighted by Gasteiger charge is 2.15. The lowest BCUT2D eigenvalue weighted by Gasteiger charge is -2.33. The Labute approximate surface area is 101 Å². The van der Waals surface area contributed by atoms with Gasteiger partial charge in [-0.15, -0.1) is 6.42 Å². The quantitative estimate of drug-likeness (QED) is 0.652. The standard InChI is InChI=1S/C12H16N4O/c1-3-4-16-12(17)9-11(10-13-16)15-7-5-14(2)6-8-15/h1,9-10H,4-8H2,2H3. The van der Waals surface area contributed by atoms with Crippen LogP contribution in [0.5, 0.6) is 0 Å². The van der Waals surface area contributed by atoms with Crippen LogP contribution in [0.15, 0.2) is 17.1 Å². The molecule has 5 nitrogen and oxygen atoms in total. The van der Waals surface area contributed by atoms with Crippen LogP contribution in [0, 0.1) is 12.3 Å². The molecule has 0 amide bonds. The van der Waals surface area contributed by atoms with Crippen LogP contribution in [0.4, 0.5) is 5.69 Å². The van der Waals surface area contributed by atoms with Crippen molar-refractivity contribution in [2.75, 3.05) is 38.1 Å². The van der Waals surface area contributed by atoms with Gasteiger partial charge in [-0.1, -0.05) is 5.92 Å². The number of hydrogen-bond donors (Lipinski definition) is 0. The van der Waals surface area contributed by atoms with Crippen LogP contribution in [0.3, 0.4) is 0 Å². The number of piperazine rings is 1. The Bertz CT molecular complexity index is 480. The van der Waals surface area contributed by atoms with Crippen molar-refractivity contribution < 1.29 is 0 Å². The van der Waals surface area contributed by atoms with Crippen LogP contribution >= 0.6 is 0 Å². The lowest BCUT2D eigenvalue weighted by Crippen LogP contribution is -2.45. The Balaban J connectivity index is 2.15. The molecule has 0 saturated carbocycles. The van der Waals surface area contributed by atoms with E-state index in [0.717, 1.165) is 31.9 Å². The van der Waals surface area contributed by atoms with Crippen LogP contribution in [-0.4, -0.2) is 47.9 Å². The molecule has 0 aliphatic carbocycles. The molecule has 1 aliphatic heterocycles. The van der Waals surface area contributed by atoms with E-state index >= 15 is 0 Å². The maximum Gasteiger partial charge on any atom is 0.269 e. The summed E-state index contributed by atoms with van der Waals surface area (Å²) in [5.74, 6) is 2.41. The summed E-state index contributed by atoms with van der Waals surface area (Å²) in [5.41, 5.74) is 0.746. The third-order valence-corrected chi connectivity index (χ3v) is 2.96. The van der Waals surface area contributed by atoms with Gasteiger partial charge in [-0.25, -0.2) is 4.68 Å². The smallest absolute Gasteiger partial charge is 0.269 e. The summed E-state index contributed by atoms with van der Waals surface area (Å²) in [6, 6.07) is 1.61. The van der Waals surface area contributed by atoms with Crippen molar-refractivity contribution in [1.29, 1.82) is 0 Å². The fraction of sp³-hybridized carbons (Fsp3) is 0.500. The predicted octanol–water partition coefficient (Wildman–Crippen LogP) is -0.372. The summed E-state index contributed by atoms with van der Waals surface area (Å²) >= 11 is 0. The van der Waals surface area contributed by atoms with E-state index in [4.69, 9.17) is 6.42 Å². The summed E-state index contributed by atoms with van der Waals surface area (Å²) in [5, 5.41) is 4.07. The minimum absolute atomic E-state index is 0.139. The zero-order chi connectivity index (χ0) is 12.3. The number of terminal acetylenes is 1. The summed E-state index contributed by atoms with van der Waals surface area (Å²) in [7, 11) is 2.10. The Kier molecular flexibility index (Phi) is 3.45. The number of likely N-dealkylation sites (N-methyl/N-ethyl adjacent to an activating group) is 1. The van der Waals surface area contributed by atoms with E-state index in [9.17, 15) is 4.79 Å². The first-order chi connectivity index (χ1) is 8.20. The third-order valence-electron chi connectivity index (χ3n) is 2.96. The molecule has 1 aromatic heterocycles. The normalized spacial score (nSPS) is 16.8. The molecule has 0 radical (unpaired) electrons. The second-order valence-corrected chi connectivity index (χ2v) is 4.20. The highest BCUT2D eigenvalue weighted by Crippen LogP contribution is 2.11. The first-order valence-electron chi connectivity index (χ1n) is 5.65. The van der Waals surface area contributed by atoms with E-state index < -0.39 is 0 Å². The molecule has 1 aromatic rings. The Hall–Kier alpha value is -1.80. The molecule has 1 aliphatic rings. The van der Waals surface area contributed by atoms with Gasteiger partial charge in [0.15, 0.2) is 0 Å². The molecule has 0 atom stereocenters.